The average molecular weight is 465 g/mol. The second-order valence-corrected chi connectivity index (χ2v) is 10.4. The smallest absolute Gasteiger partial charge is 0.159 e. The fourth-order valence-corrected chi connectivity index (χ4v) is 5.28. The Bertz CT molecular complexity index is 763. The number of nitrogens with zero attached hydrogens (tertiary/aromatic N) is 2. The van der Waals surface area contributed by atoms with Crippen LogP contribution in [0.15, 0.2) is 36.7 Å². The number of hydrogen-bond acceptors (Lipinski definition) is 3. The molecule has 34 heavy (non-hydrogen) atoms. The first kappa shape index (κ1) is 26.7. The molecular weight excluding hydrogens is 416 g/mol. The molecule has 1 aromatic heterocycles. The Morgan fingerprint density at radius 1 is 0.706 bits per heavy atom. The standard InChI is InChI=1S/C31H48N2O/c1-3-5-7-8-9-10-11-12-13-23-34-30-21-19-28(20-22-30)31-32-24-29(25-33-31)27-17-15-26(16-18-27)14-6-4-2/h19-22,24-27H,3-18,23H2,1-2H3. The molecule has 2 aromatic rings. The van der Waals surface area contributed by atoms with E-state index >= 15 is 0 Å². The van der Waals surface area contributed by atoms with Crippen LogP contribution in [0.2, 0.25) is 0 Å². The summed E-state index contributed by atoms with van der Waals surface area (Å²) in [7, 11) is 0. The predicted molar refractivity (Wildman–Crippen MR) is 144 cm³/mol. The summed E-state index contributed by atoms with van der Waals surface area (Å²) in [6, 6.07) is 8.27. The van der Waals surface area contributed by atoms with Crippen LogP contribution >= 0.6 is 0 Å². The first-order valence-electron chi connectivity index (χ1n) is 14.3. The van der Waals surface area contributed by atoms with Crippen molar-refractivity contribution in [1.29, 1.82) is 0 Å². The summed E-state index contributed by atoms with van der Waals surface area (Å²) < 4.78 is 5.95. The number of hydrogen-bond donors (Lipinski definition) is 0. The summed E-state index contributed by atoms with van der Waals surface area (Å²) in [5.74, 6) is 3.34. The van der Waals surface area contributed by atoms with Gasteiger partial charge in [-0.25, -0.2) is 9.97 Å². The van der Waals surface area contributed by atoms with Crippen LogP contribution in [0.25, 0.3) is 11.4 Å². The highest BCUT2D eigenvalue weighted by molar-refractivity contribution is 5.56. The Hall–Kier alpha value is -1.90. The minimum atomic E-state index is 0.642. The lowest BCUT2D eigenvalue weighted by Crippen LogP contribution is -2.13. The van der Waals surface area contributed by atoms with E-state index in [1.807, 2.05) is 0 Å². The molecule has 0 N–H and O–H groups in total. The number of unbranched alkanes of at least 4 members (excludes halogenated alkanes) is 9. The van der Waals surface area contributed by atoms with E-state index in [2.05, 4.69) is 50.5 Å². The fourth-order valence-electron chi connectivity index (χ4n) is 5.28. The van der Waals surface area contributed by atoms with Gasteiger partial charge in [0.15, 0.2) is 5.82 Å². The Morgan fingerprint density at radius 3 is 1.91 bits per heavy atom. The van der Waals surface area contributed by atoms with Gasteiger partial charge in [-0.2, -0.15) is 0 Å². The molecule has 0 amide bonds. The van der Waals surface area contributed by atoms with Gasteiger partial charge in [-0.1, -0.05) is 84.5 Å². The summed E-state index contributed by atoms with van der Waals surface area (Å²) in [6.07, 6.45) is 25.6. The van der Waals surface area contributed by atoms with Gasteiger partial charge in [-0.05, 0) is 73.8 Å². The van der Waals surface area contributed by atoms with Gasteiger partial charge < -0.3 is 4.74 Å². The monoisotopic (exact) mass is 464 g/mol. The van der Waals surface area contributed by atoms with Gasteiger partial charge in [-0.15, -0.1) is 0 Å². The number of ether oxygens (including phenoxy) is 1. The van der Waals surface area contributed by atoms with Crippen LogP contribution < -0.4 is 4.74 Å². The predicted octanol–water partition coefficient (Wildman–Crippen LogP) is 9.52. The third-order valence-electron chi connectivity index (χ3n) is 7.59. The van der Waals surface area contributed by atoms with Crippen molar-refractivity contribution >= 4 is 0 Å². The van der Waals surface area contributed by atoms with E-state index in [4.69, 9.17) is 14.7 Å². The molecule has 0 radical (unpaired) electrons. The van der Waals surface area contributed by atoms with Crippen LogP contribution in [-0.2, 0) is 0 Å². The molecule has 0 atom stereocenters. The zero-order valence-corrected chi connectivity index (χ0v) is 21.9. The molecule has 3 heteroatoms. The van der Waals surface area contributed by atoms with Crippen molar-refractivity contribution in [2.45, 2.75) is 122 Å². The topological polar surface area (TPSA) is 35.0 Å². The van der Waals surface area contributed by atoms with Gasteiger partial charge in [0.1, 0.15) is 5.75 Å². The molecule has 1 saturated carbocycles. The van der Waals surface area contributed by atoms with Gasteiger partial charge in [-0.3, -0.25) is 0 Å². The van der Waals surface area contributed by atoms with Gasteiger partial charge in [0.25, 0.3) is 0 Å². The number of rotatable bonds is 16. The second-order valence-electron chi connectivity index (χ2n) is 10.4. The van der Waals surface area contributed by atoms with Crippen LogP contribution in [0.5, 0.6) is 5.75 Å². The summed E-state index contributed by atoms with van der Waals surface area (Å²) in [5, 5.41) is 0. The molecule has 1 aromatic carbocycles. The van der Waals surface area contributed by atoms with Crippen molar-refractivity contribution in [2.75, 3.05) is 6.61 Å². The minimum Gasteiger partial charge on any atom is -0.494 e. The lowest BCUT2D eigenvalue weighted by molar-refractivity contribution is 0.304. The first-order chi connectivity index (χ1) is 16.8. The lowest BCUT2D eigenvalue weighted by atomic mass is 9.78. The summed E-state index contributed by atoms with van der Waals surface area (Å²) in [4.78, 5) is 9.40. The van der Waals surface area contributed by atoms with Crippen LogP contribution in [-0.4, -0.2) is 16.6 Å². The zero-order valence-electron chi connectivity index (χ0n) is 21.9. The van der Waals surface area contributed by atoms with E-state index in [-0.39, 0.29) is 0 Å². The van der Waals surface area contributed by atoms with Gasteiger partial charge in [0, 0.05) is 18.0 Å². The molecule has 0 saturated heterocycles. The average Bonchev–Trinajstić information content (AvgIpc) is 2.89. The maximum atomic E-state index is 5.95. The van der Waals surface area contributed by atoms with Crippen molar-refractivity contribution in [3.8, 4) is 17.1 Å². The number of benzene rings is 1. The quantitative estimate of drug-likeness (QED) is 0.232. The maximum Gasteiger partial charge on any atom is 0.159 e. The fraction of sp³-hybridized carbons (Fsp3) is 0.677. The van der Waals surface area contributed by atoms with Crippen molar-refractivity contribution in [2.24, 2.45) is 5.92 Å². The van der Waals surface area contributed by atoms with Gasteiger partial charge >= 0.3 is 0 Å². The SMILES string of the molecule is CCCCCCCCCCCOc1ccc(-c2ncc(C3CCC(CCCC)CC3)cn2)cc1. The molecule has 1 aliphatic rings. The molecular formula is C31H48N2O. The highest BCUT2D eigenvalue weighted by Gasteiger charge is 2.22. The normalized spacial score (nSPS) is 18.2. The highest BCUT2D eigenvalue weighted by atomic mass is 16.5. The third-order valence-corrected chi connectivity index (χ3v) is 7.59. The second kappa shape index (κ2) is 15.9. The first-order valence-corrected chi connectivity index (χ1v) is 14.3. The molecule has 0 unspecified atom stereocenters. The zero-order chi connectivity index (χ0) is 23.8. The van der Waals surface area contributed by atoms with Crippen LogP contribution in [0.3, 0.4) is 0 Å². The van der Waals surface area contributed by atoms with Crippen LogP contribution in [0, 0.1) is 5.92 Å². The minimum absolute atomic E-state index is 0.642. The Balaban J connectivity index is 1.34. The molecule has 0 spiro atoms. The van der Waals surface area contributed by atoms with Crippen LogP contribution in [0.1, 0.15) is 128 Å². The van der Waals surface area contributed by atoms with Crippen molar-refractivity contribution in [3.63, 3.8) is 0 Å². The van der Waals surface area contributed by atoms with Crippen molar-refractivity contribution in [3.05, 3.63) is 42.2 Å². The highest BCUT2D eigenvalue weighted by Crippen LogP contribution is 2.37. The largest absolute Gasteiger partial charge is 0.494 e. The van der Waals surface area contributed by atoms with Crippen LogP contribution in [0.4, 0.5) is 0 Å². The van der Waals surface area contributed by atoms with E-state index in [0.717, 1.165) is 36.1 Å². The molecule has 3 rings (SSSR count). The van der Waals surface area contributed by atoms with E-state index in [1.54, 1.807) is 0 Å². The maximum absolute atomic E-state index is 5.95. The number of aromatic nitrogens is 2. The van der Waals surface area contributed by atoms with E-state index in [0.29, 0.717) is 5.92 Å². The molecule has 0 aliphatic heterocycles. The molecule has 1 heterocycles. The summed E-state index contributed by atoms with van der Waals surface area (Å²) >= 11 is 0. The van der Waals surface area contributed by atoms with E-state index in [9.17, 15) is 0 Å². The van der Waals surface area contributed by atoms with E-state index in [1.165, 1.54) is 102 Å². The molecule has 0 bridgehead atoms. The summed E-state index contributed by atoms with van der Waals surface area (Å²) in [6.45, 7) is 5.38. The lowest BCUT2D eigenvalue weighted by Gasteiger charge is -2.28. The Labute approximate surface area is 209 Å². The molecule has 188 valence electrons. The van der Waals surface area contributed by atoms with Gasteiger partial charge in [0.05, 0.1) is 6.61 Å². The molecule has 3 nitrogen and oxygen atoms in total. The Kier molecular flexibility index (Phi) is 12.5. The molecule has 1 aliphatic carbocycles. The summed E-state index contributed by atoms with van der Waals surface area (Å²) in [5.41, 5.74) is 2.38. The van der Waals surface area contributed by atoms with Crippen molar-refractivity contribution < 1.29 is 4.74 Å². The Morgan fingerprint density at radius 2 is 1.29 bits per heavy atom. The van der Waals surface area contributed by atoms with Crippen molar-refractivity contribution in [1.82, 2.24) is 9.97 Å². The van der Waals surface area contributed by atoms with Gasteiger partial charge in [0.2, 0.25) is 0 Å². The molecule has 1 fully saturated rings. The van der Waals surface area contributed by atoms with E-state index < -0.39 is 0 Å². The third kappa shape index (κ3) is 9.39.